The first-order chi connectivity index (χ1) is 20.8. The van der Waals surface area contributed by atoms with Crippen LogP contribution < -0.4 is 20.7 Å². The molecule has 1 N–H and O–H groups in total. The third kappa shape index (κ3) is 7.80. The summed E-state index contributed by atoms with van der Waals surface area (Å²) >= 11 is 6.11. The van der Waals surface area contributed by atoms with E-state index in [1.54, 1.807) is 59.2 Å². The summed E-state index contributed by atoms with van der Waals surface area (Å²) < 4.78 is 36.5. The number of ether oxygens (including phenoxy) is 3. The molecule has 0 aliphatic rings. The second-order valence-corrected chi connectivity index (χ2v) is 16.9. The van der Waals surface area contributed by atoms with Crippen molar-refractivity contribution < 1.29 is 22.1 Å². The van der Waals surface area contributed by atoms with Gasteiger partial charge < -0.3 is 19.3 Å². The summed E-state index contributed by atoms with van der Waals surface area (Å²) in [5, 5.41) is 10.3. The number of rotatable bonds is 15. The van der Waals surface area contributed by atoms with Gasteiger partial charge in [0.25, 0.3) is 5.56 Å². The Labute approximate surface area is 253 Å². The molecule has 224 valence electrons. The molecule has 0 amide bonds. The topological polar surface area (TPSA) is 110 Å². The van der Waals surface area contributed by atoms with Crippen LogP contribution in [-0.4, -0.2) is 51.6 Å². The van der Waals surface area contributed by atoms with Crippen molar-refractivity contribution >= 4 is 30.8 Å². The Morgan fingerprint density at radius 3 is 2.52 bits per heavy atom. The fourth-order valence-electron chi connectivity index (χ4n) is 4.17. The van der Waals surface area contributed by atoms with Gasteiger partial charge >= 0.3 is 11.7 Å². The van der Waals surface area contributed by atoms with Gasteiger partial charge in [-0.05, 0) is 42.3 Å². The zero-order chi connectivity index (χ0) is 32.1. The molecule has 2 aromatic heterocycles. The number of halogens is 1. The lowest BCUT2D eigenvalue weighted by atomic mass is 10.2. The number of hydrogen-bond donors (Lipinski definition) is 1. The van der Waals surface area contributed by atoms with E-state index in [4.69, 9.17) is 28.6 Å². The van der Waals surface area contributed by atoms with Crippen LogP contribution in [0.5, 0.6) is 17.5 Å². The van der Waals surface area contributed by atoms with Gasteiger partial charge in [0.15, 0.2) is 11.2 Å². The number of hydrogen-bond acceptors (Lipinski definition) is 7. The molecule has 0 aliphatic heterocycles. The maximum Gasteiger partial charge on any atom is 0.334 e. The lowest BCUT2D eigenvalue weighted by Crippen LogP contribution is -2.41. The van der Waals surface area contributed by atoms with Gasteiger partial charge in [-0.2, -0.15) is 4.98 Å². The van der Waals surface area contributed by atoms with Gasteiger partial charge in [-0.3, -0.25) is 18.5 Å². The summed E-state index contributed by atoms with van der Waals surface area (Å²) in [6, 6.07) is 14.8. The molecule has 42 heavy (non-hydrogen) atoms. The Morgan fingerprint density at radius 2 is 1.83 bits per heavy atom. The van der Waals surface area contributed by atoms with E-state index < -0.39 is 32.3 Å². The smallest absolute Gasteiger partial charge is 0.334 e. The number of fused-ring (bicyclic) bond motifs is 1. The molecule has 0 saturated carbocycles. The Morgan fingerprint density at radius 1 is 1.10 bits per heavy atom. The zero-order valence-corrected chi connectivity index (χ0v) is 25.8. The van der Waals surface area contributed by atoms with Crippen LogP contribution in [0.1, 0.15) is 14.7 Å². The van der Waals surface area contributed by atoms with Crippen molar-refractivity contribution in [2.75, 3.05) is 19.8 Å². The lowest BCUT2D eigenvalue weighted by Gasteiger charge is -2.16. The van der Waals surface area contributed by atoms with Crippen molar-refractivity contribution in [3.8, 4) is 17.5 Å². The molecule has 4 rings (SSSR count). The molecule has 0 fully saturated rings. The van der Waals surface area contributed by atoms with Crippen LogP contribution in [-0.2, 0) is 24.6 Å². The first-order valence-electron chi connectivity index (χ1n) is 14.6. The first kappa shape index (κ1) is 28.5. The Bertz CT molecular complexity index is 1730. The maximum atomic E-state index is 13.9. The number of aliphatic hydroxyl groups is 1. The molecule has 4 aromatic rings. The first-order valence-corrected chi connectivity index (χ1v) is 17.6. The van der Waals surface area contributed by atoms with Crippen LogP contribution in [0.15, 0.2) is 70.8 Å². The second-order valence-electron chi connectivity index (χ2n) is 10.9. The summed E-state index contributed by atoms with van der Waals surface area (Å²) in [4.78, 5) is 32.2. The number of nitrogens with zero attached hydrogens (tertiary/aromatic N) is 4. The molecular weight excluding hydrogens is 576 g/mol. The van der Waals surface area contributed by atoms with Crippen molar-refractivity contribution in [1.29, 1.82) is 0 Å². The Balaban J connectivity index is 1.89. The third-order valence-electron chi connectivity index (χ3n) is 6.38. The average Bonchev–Trinajstić information content (AvgIpc) is 3.29. The largest absolute Gasteiger partial charge is 0.489 e. The van der Waals surface area contributed by atoms with Crippen LogP contribution in [0.3, 0.4) is 0 Å². The third-order valence-corrected chi connectivity index (χ3v) is 8.34. The summed E-state index contributed by atoms with van der Waals surface area (Å²) in [6.07, 6.45) is 1.15. The lowest BCUT2D eigenvalue weighted by molar-refractivity contribution is 0.0853. The predicted octanol–water partition coefficient (Wildman–Crippen LogP) is 5.11. The molecule has 0 spiro atoms. The number of aromatic nitrogens is 4. The molecule has 0 saturated heterocycles. The standard InChI is InChI=1S/C30H37ClN4O6Si/c1-5-16-40-24-8-6-9-25(19-24)41-29-32-27-26(34(29)20-22-10-12-23(31)13-11-22)28(37)33(14-7-15-36)30(38)35(27)21-39-17-18-42(2,3)4/h5-6,8-13,19,36H,1,7,14-18,20-21H2,2-4H3/i15D2. The summed E-state index contributed by atoms with van der Waals surface area (Å²) in [6.45, 7) is 8.01. The van der Waals surface area contributed by atoms with Gasteiger partial charge in [0.2, 0.25) is 0 Å². The number of imidazole rings is 1. The van der Waals surface area contributed by atoms with E-state index in [1.165, 1.54) is 4.57 Å². The minimum absolute atomic E-state index is 0.0402. The molecule has 0 unspecified atom stereocenters. The van der Waals surface area contributed by atoms with E-state index in [2.05, 4.69) is 31.2 Å². The monoisotopic (exact) mass is 614 g/mol. The van der Waals surface area contributed by atoms with E-state index in [9.17, 15) is 14.7 Å². The second kappa shape index (κ2) is 14.0. The van der Waals surface area contributed by atoms with Gasteiger partial charge in [-0.1, -0.05) is 62.1 Å². The van der Waals surface area contributed by atoms with Crippen LogP contribution in [0.4, 0.5) is 0 Å². The average molecular weight is 615 g/mol. The molecule has 0 aliphatic carbocycles. The van der Waals surface area contributed by atoms with Crippen LogP contribution in [0.2, 0.25) is 30.7 Å². The number of benzene rings is 2. The molecule has 0 bridgehead atoms. The fraction of sp³-hybridized carbons (Fsp3) is 0.367. The van der Waals surface area contributed by atoms with E-state index in [1.807, 2.05) is 0 Å². The molecule has 2 heterocycles. The normalized spacial score (nSPS) is 12.7. The molecule has 12 heteroatoms. The minimum Gasteiger partial charge on any atom is -0.489 e. The van der Waals surface area contributed by atoms with Crippen molar-refractivity contribution in [1.82, 2.24) is 18.7 Å². The highest BCUT2D eigenvalue weighted by atomic mass is 35.5. The zero-order valence-electron chi connectivity index (χ0n) is 26.0. The van der Waals surface area contributed by atoms with Crippen molar-refractivity contribution in [3.05, 3.63) is 92.6 Å². The van der Waals surface area contributed by atoms with Crippen molar-refractivity contribution in [3.63, 3.8) is 0 Å². The minimum atomic E-state index is -2.59. The van der Waals surface area contributed by atoms with Crippen molar-refractivity contribution in [2.45, 2.75) is 51.9 Å². The fourth-order valence-corrected chi connectivity index (χ4v) is 5.05. The summed E-state index contributed by atoms with van der Waals surface area (Å²) in [5.74, 6) is 0.921. The van der Waals surface area contributed by atoms with Crippen molar-refractivity contribution in [2.24, 2.45) is 0 Å². The van der Waals surface area contributed by atoms with E-state index >= 15 is 0 Å². The van der Waals surface area contributed by atoms with Gasteiger partial charge in [-0.15, -0.1) is 0 Å². The van der Waals surface area contributed by atoms with Gasteiger partial charge in [-0.25, -0.2) is 4.79 Å². The van der Waals surface area contributed by atoms with Crippen LogP contribution >= 0.6 is 11.6 Å². The highest BCUT2D eigenvalue weighted by molar-refractivity contribution is 6.76. The highest BCUT2D eigenvalue weighted by Gasteiger charge is 2.24. The van der Waals surface area contributed by atoms with E-state index in [0.717, 1.165) is 16.2 Å². The van der Waals surface area contributed by atoms with Crippen LogP contribution in [0.25, 0.3) is 11.2 Å². The molecule has 2 aromatic carbocycles. The maximum absolute atomic E-state index is 13.9. The summed E-state index contributed by atoms with van der Waals surface area (Å²) in [5.41, 5.74) is -0.544. The Kier molecular flexibility index (Phi) is 9.50. The van der Waals surface area contributed by atoms with Crippen LogP contribution in [0, 0.1) is 0 Å². The molecular formula is C30H37ClN4O6Si. The predicted molar refractivity (Wildman–Crippen MR) is 167 cm³/mol. The van der Waals surface area contributed by atoms with E-state index in [0.29, 0.717) is 29.7 Å². The van der Waals surface area contributed by atoms with Gasteiger partial charge in [0.1, 0.15) is 24.8 Å². The highest BCUT2D eigenvalue weighted by Crippen LogP contribution is 2.28. The SMILES string of the molecule is [2H]C([2H])(O)CCn1c(=O)c2c(nc(Oc3cccc(OCC=C)c3)n2Cc2ccc(Cl)cc2)n(COCC[Si](C)(C)C)c1=O. The van der Waals surface area contributed by atoms with Gasteiger partial charge in [0.05, 0.1) is 9.29 Å². The molecule has 0 atom stereocenters. The quantitative estimate of drug-likeness (QED) is 0.113. The molecule has 0 radical (unpaired) electrons. The molecule has 10 nitrogen and oxygen atoms in total. The summed E-state index contributed by atoms with van der Waals surface area (Å²) in [7, 11) is -1.43. The Hall–Kier alpha value is -3.64. The van der Waals surface area contributed by atoms with Gasteiger partial charge in [0, 0.05) is 38.9 Å². The van der Waals surface area contributed by atoms with E-state index in [-0.39, 0.29) is 37.0 Å².